The molecule has 3 heteroatoms. The van der Waals surface area contributed by atoms with Gasteiger partial charge in [-0.3, -0.25) is 0 Å². The zero-order valence-electron chi connectivity index (χ0n) is 7.41. The normalized spacial score (nSPS) is 15.3. The summed E-state index contributed by atoms with van der Waals surface area (Å²) in [6, 6.07) is 10.0. The van der Waals surface area contributed by atoms with Gasteiger partial charge in [0.05, 0.1) is 12.7 Å². The Morgan fingerprint density at radius 2 is 2.00 bits per heavy atom. The van der Waals surface area contributed by atoms with Gasteiger partial charge in [-0.2, -0.15) is 0 Å². The summed E-state index contributed by atoms with van der Waals surface area (Å²) in [5.41, 5.74) is 1.17. The molecule has 0 aliphatic rings. The first-order valence-electron chi connectivity index (χ1n) is 4.14. The predicted octanol–water partition coefficient (Wildman–Crippen LogP) is 3.55. The van der Waals surface area contributed by atoms with E-state index in [2.05, 4.69) is 15.9 Å². The van der Waals surface area contributed by atoms with Gasteiger partial charge in [0, 0.05) is 0 Å². The molecule has 2 atom stereocenters. The largest absolute Gasteiger partial charge is 0.371 e. The van der Waals surface area contributed by atoms with E-state index < -0.39 is 0 Å². The molecular weight excluding hydrogens is 251 g/mol. The predicted molar refractivity (Wildman–Crippen MR) is 59.3 cm³/mol. The molecule has 72 valence electrons. The Labute approximate surface area is 92.2 Å². The van der Waals surface area contributed by atoms with E-state index in [9.17, 15) is 0 Å². The first kappa shape index (κ1) is 11.0. The van der Waals surface area contributed by atoms with Crippen LogP contribution in [0.3, 0.4) is 0 Å². The van der Waals surface area contributed by atoms with Crippen LogP contribution in [0.4, 0.5) is 0 Å². The number of ether oxygens (including phenoxy) is 1. The second-order valence-corrected chi connectivity index (χ2v) is 4.82. The van der Waals surface area contributed by atoms with Crippen molar-refractivity contribution in [3.63, 3.8) is 0 Å². The van der Waals surface area contributed by atoms with Crippen LogP contribution in [0.1, 0.15) is 12.5 Å². The average molecular weight is 264 g/mol. The summed E-state index contributed by atoms with van der Waals surface area (Å²) in [5.74, 6) is 0. The lowest BCUT2D eigenvalue weighted by atomic mass is 10.2. The molecule has 2 unspecified atom stereocenters. The van der Waals surface area contributed by atoms with E-state index in [1.807, 2.05) is 37.3 Å². The highest BCUT2D eigenvalue weighted by atomic mass is 79.9. The Balaban J connectivity index is 2.35. The molecule has 0 saturated heterocycles. The first-order chi connectivity index (χ1) is 6.20. The lowest BCUT2D eigenvalue weighted by Gasteiger charge is -2.13. The average Bonchev–Trinajstić information content (AvgIpc) is 2.15. The second-order valence-electron chi connectivity index (χ2n) is 2.84. The SMILES string of the molecule is CC(OCc1ccccc1)C(Cl)Br. The molecule has 1 aromatic rings. The number of alkyl halides is 2. The molecule has 0 fully saturated rings. The molecule has 0 heterocycles. The zero-order valence-corrected chi connectivity index (χ0v) is 9.75. The van der Waals surface area contributed by atoms with Gasteiger partial charge >= 0.3 is 0 Å². The molecule has 1 aromatic carbocycles. The van der Waals surface area contributed by atoms with E-state index in [0.717, 1.165) is 0 Å². The van der Waals surface area contributed by atoms with Gasteiger partial charge in [0.15, 0.2) is 0 Å². The summed E-state index contributed by atoms with van der Waals surface area (Å²) in [6.07, 6.45) is 0.0156. The van der Waals surface area contributed by atoms with Gasteiger partial charge in [-0.25, -0.2) is 0 Å². The molecule has 0 saturated carbocycles. The van der Waals surface area contributed by atoms with Crippen molar-refractivity contribution in [1.82, 2.24) is 0 Å². The van der Waals surface area contributed by atoms with Crippen LogP contribution < -0.4 is 0 Å². The second kappa shape index (κ2) is 5.63. The smallest absolute Gasteiger partial charge is 0.114 e. The summed E-state index contributed by atoms with van der Waals surface area (Å²) in [5, 5.41) is 0. The summed E-state index contributed by atoms with van der Waals surface area (Å²) in [4.78, 5) is 0. The van der Waals surface area contributed by atoms with Crippen molar-refractivity contribution >= 4 is 27.5 Å². The molecule has 0 amide bonds. The van der Waals surface area contributed by atoms with Gasteiger partial charge in [-0.15, -0.1) is 11.6 Å². The first-order valence-corrected chi connectivity index (χ1v) is 5.49. The van der Waals surface area contributed by atoms with E-state index >= 15 is 0 Å². The van der Waals surface area contributed by atoms with Crippen LogP contribution in [0.5, 0.6) is 0 Å². The Hall–Kier alpha value is -0.0500. The van der Waals surface area contributed by atoms with Gasteiger partial charge in [0.25, 0.3) is 0 Å². The molecule has 1 nitrogen and oxygen atoms in total. The van der Waals surface area contributed by atoms with Crippen molar-refractivity contribution in [1.29, 1.82) is 0 Å². The van der Waals surface area contributed by atoms with Crippen LogP contribution in [-0.4, -0.2) is 10.4 Å². The number of rotatable bonds is 4. The van der Waals surface area contributed by atoms with Crippen molar-refractivity contribution in [2.24, 2.45) is 0 Å². The maximum atomic E-state index is 5.79. The molecule has 0 radical (unpaired) electrons. The van der Waals surface area contributed by atoms with Gasteiger partial charge in [-0.1, -0.05) is 46.3 Å². The maximum absolute atomic E-state index is 5.79. The van der Waals surface area contributed by atoms with Crippen LogP contribution in [0, 0.1) is 0 Å². The number of hydrogen-bond donors (Lipinski definition) is 0. The van der Waals surface area contributed by atoms with Gasteiger partial charge in [-0.05, 0) is 12.5 Å². The lowest BCUT2D eigenvalue weighted by molar-refractivity contribution is 0.0639. The van der Waals surface area contributed by atoms with Crippen LogP contribution >= 0.6 is 27.5 Å². The fourth-order valence-electron chi connectivity index (χ4n) is 0.875. The highest BCUT2D eigenvalue weighted by Crippen LogP contribution is 2.14. The minimum Gasteiger partial charge on any atom is -0.371 e. The Morgan fingerprint density at radius 1 is 1.38 bits per heavy atom. The minimum absolute atomic E-state index is 0.0156. The quantitative estimate of drug-likeness (QED) is 0.755. The standard InChI is InChI=1S/C10H12BrClO/c1-8(10(11)12)13-7-9-5-3-2-4-6-9/h2-6,8,10H,7H2,1H3. The van der Waals surface area contributed by atoms with Gasteiger partial charge in [0.2, 0.25) is 0 Å². The number of hydrogen-bond acceptors (Lipinski definition) is 1. The highest BCUT2D eigenvalue weighted by Gasteiger charge is 2.10. The topological polar surface area (TPSA) is 9.23 Å². The zero-order chi connectivity index (χ0) is 9.68. The minimum atomic E-state index is -0.129. The molecule has 0 aliphatic carbocycles. The third-order valence-corrected chi connectivity index (χ3v) is 2.81. The summed E-state index contributed by atoms with van der Waals surface area (Å²) in [6.45, 7) is 2.55. The summed E-state index contributed by atoms with van der Waals surface area (Å²) in [7, 11) is 0. The third kappa shape index (κ3) is 4.12. The van der Waals surface area contributed by atoms with Crippen LogP contribution in [0.2, 0.25) is 0 Å². The maximum Gasteiger partial charge on any atom is 0.114 e. The molecule has 0 N–H and O–H groups in total. The lowest BCUT2D eigenvalue weighted by Crippen LogP contribution is -2.15. The Kier molecular flexibility index (Phi) is 4.78. The fraction of sp³-hybridized carbons (Fsp3) is 0.400. The van der Waals surface area contributed by atoms with E-state index in [0.29, 0.717) is 6.61 Å². The monoisotopic (exact) mass is 262 g/mol. The molecule has 0 aliphatic heterocycles. The van der Waals surface area contributed by atoms with Crippen molar-refractivity contribution in [3.05, 3.63) is 35.9 Å². The van der Waals surface area contributed by atoms with Crippen LogP contribution in [0.15, 0.2) is 30.3 Å². The highest BCUT2D eigenvalue weighted by molar-refractivity contribution is 9.10. The summed E-state index contributed by atoms with van der Waals surface area (Å²) >= 11 is 9.04. The van der Waals surface area contributed by atoms with E-state index in [1.54, 1.807) is 0 Å². The van der Waals surface area contributed by atoms with E-state index in [4.69, 9.17) is 16.3 Å². The molecule has 1 rings (SSSR count). The molecule has 0 spiro atoms. The van der Waals surface area contributed by atoms with Crippen molar-refractivity contribution in [2.75, 3.05) is 0 Å². The van der Waals surface area contributed by atoms with Crippen LogP contribution in [0.25, 0.3) is 0 Å². The van der Waals surface area contributed by atoms with Gasteiger partial charge < -0.3 is 4.74 Å². The number of halogens is 2. The summed E-state index contributed by atoms with van der Waals surface area (Å²) < 4.78 is 5.38. The fourth-order valence-corrected chi connectivity index (χ4v) is 1.10. The molecule has 0 bridgehead atoms. The molecule has 13 heavy (non-hydrogen) atoms. The molecular formula is C10H12BrClO. The van der Waals surface area contributed by atoms with Crippen LogP contribution in [-0.2, 0) is 11.3 Å². The van der Waals surface area contributed by atoms with Crippen molar-refractivity contribution in [2.45, 2.75) is 23.9 Å². The van der Waals surface area contributed by atoms with Crippen molar-refractivity contribution < 1.29 is 4.74 Å². The number of benzene rings is 1. The van der Waals surface area contributed by atoms with Gasteiger partial charge in [0.1, 0.15) is 4.29 Å². The Bertz CT molecular complexity index is 238. The van der Waals surface area contributed by atoms with E-state index in [-0.39, 0.29) is 10.4 Å². The van der Waals surface area contributed by atoms with Crippen molar-refractivity contribution in [3.8, 4) is 0 Å². The Morgan fingerprint density at radius 3 is 2.54 bits per heavy atom. The molecule has 0 aromatic heterocycles. The third-order valence-electron chi connectivity index (χ3n) is 1.71. The van der Waals surface area contributed by atoms with E-state index in [1.165, 1.54) is 5.56 Å².